The standard InChI is InChI=1S/C30H31ClN6O3/c1-18-27(19(2)40-35-18)21-7-10-25-24(13-21)29(34-28(33-25)22-14-32-36(15-22)17-30(3,4)38)37-11-12-39-16-26(37)20-5-8-23(31)9-6-20/h5-10,13-15,26,38H,11-12,16-17H2,1-4H3/t26-/m1/s1. The Labute approximate surface area is 237 Å². The number of aliphatic hydroxyl groups is 1. The quantitative estimate of drug-likeness (QED) is 0.280. The van der Waals surface area contributed by atoms with Crippen LogP contribution in [0.5, 0.6) is 0 Å². The number of rotatable bonds is 6. The molecule has 0 saturated carbocycles. The molecule has 0 spiro atoms. The average molecular weight is 559 g/mol. The average Bonchev–Trinajstić information content (AvgIpc) is 3.52. The number of morpholine rings is 1. The van der Waals surface area contributed by atoms with Gasteiger partial charge in [-0.05, 0) is 63.1 Å². The number of hydrogen-bond donors (Lipinski definition) is 1. The summed E-state index contributed by atoms with van der Waals surface area (Å²) in [6.45, 7) is 9.50. The predicted octanol–water partition coefficient (Wildman–Crippen LogP) is 5.77. The van der Waals surface area contributed by atoms with Crippen molar-refractivity contribution in [3.63, 3.8) is 0 Å². The molecule has 2 aromatic carbocycles. The first-order valence-electron chi connectivity index (χ1n) is 13.3. The van der Waals surface area contributed by atoms with E-state index in [1.165, 1.54) is 0 Å². The van der Waals surface area contributed by atoms with Gasteiger partial charge in [0.1, 0.15) is 11.6 Å². The van der Waals surface area contributed by atoms with Crippen molar-refractivity contribution in [2.24, 2.45) is 0 Å². The van der Waals surface area contributed by atoms with Crippen LogP contribution in [-0.2, 0) is 11.3 Å². The number of nitrogens with zero attached hydrogens (tertiary/aromatic N) is 6. The van der Waals surface area contributed by atoms with E-state index >= 15 is 0 Å². The van der Waals surface area contributed by atoms with Crippen LogP contribution < -0.4 is 4.90 Å². The van der Waals surface area contributed by atoms with Crippen LogP contribution in [-0.4, -0.2) is 55.4 Å². The molecule has 10 heteroatoms. The predicted molar refractivity (Wildman–Crippen MR) is 154 cm³/mol. The number of aromatic nitrogens is 5. The lowest BCUT2D eigenvalue weighted by atomic mass is 10.0. The highest BCUT2D eigenvalue weighted by Gasteiger charge is 2.29. The summed E-state index contributed by atoms with van der Waals surface area (Å²) in [6.07, 6.45) is 3.61. The molecule has 9 nitrogen and oxygen atoms in total. The van der Waals surface area contributed by atoms with Gasteiger partial charge in [-0.1, -0.05) is 35.0 Å². The lowest BCUT2D eigenvalue weighted by Crippen LogP contribution is -2.40. The minimum absolute atomic E-state index is 0.0578. The number of aryl methyl sites for hydroxylation is 2. The zero-order valence-corrected chi connectivity index (χ0v) is 23.7. The number of fused-ring (bicyclic) bond motifs is 1. The van der Waals surface area contributed by atoms with Gasteiger partial charge in [-0.25, -0.2) is 9.97 Å². The molecule has 40 heavy (non-hydrogen) atoms. The van der Waals surface area contributed by atoms with Crippen molar-refractivity contribution in [2.45, 2.75) is 45.9 Å². The van der Waals surface area contributed by atoms with E-state index < -0.39 is 5.60 Å². The molecule has 4 heterocycles. The van der Waals surface area contributed by atoms with Crippen LogP contribution in [0, 0.1) is 13.8 Å². The summed E-state index contributed by atoms with van der Waals surface area (Å²) in [4.78, 5) is 12.4. The number of halogens is 1. The van der Waals surface area contributed by atoms with Gasteiger partial charge in [-0.2, -0.15) is 5.10 Å². The minimum atomic E-state index is -0.896. The Balaban J connectivity index is 1.52. The summed E-state index contributed by atoms with van der Waals surface area (Å²) in [6, 6.07) is 14.0. The number of hydrogen-bond acceptors (Lipinski definition) is 8. The summed E-state index contributed by atoms with van der Waals surface area (Å²) >= 11 is 6.20. The SMILES string of the molecule is Cc1noc(C)c1-c1ccc2nc(-c3cnn(CC(C)(C)O)c3)nc(N3CCOC[C@@H]3c3ccc(Cl)cc3)c2c1. The van der Waals surface area contributed by atoms with Gasteiger partial charge in [-0.15, -0.1) is 0 Å². The molecular formula is C30H31ClN6O3. The van der Waals surface area contributed by atoms with E-state index in [4.69, 9.17) is 30.8 Å². The second-order valence-corrected chi connectivity index (χ2v) is 11.3. The van der Waals surface area contributed by atoms with E-state index in [0.29, 0.717) is 37.2 Å². The van der Waals surface area contributed by atoms with Crippen LogP contribution >= 0.6 is 11.6 Å². The van der Waals surface area contributed by atoms with E-state index in [0.717, 1.165) is 50.4 Å². The normalized spacial score (nSPS) is 16.1. The Hall–Kier alpha value is -3.79. The molecule has 1 aliphatic rings. The molecule has 1 fully saturated rings. The van der Waals surface area contributed by atoms with Gasteiger partial charge in [-0.3, -0.25) is 4.68 Å². The van der Waals surface area contributed by atoms with Crippen LogP contribution in [0.2, 0.25) is 5.02 Å². The lowest BCUT2D eigenvalue weighted by molar-refractivity contribution is 0.0577. The number of anilines is 1. The fraction of sp³-hybridized carbons (Fsp3) is 0.333. The molecular weight excluding hydrogens is 528 g/mol. The fourth-order valence-corrected chi connectivity index (χ4v) is 5.42. The highest BCUT2D eigenvalue weighted by atomic mass is 35.5. The van der Waals surface area contributed by atoms with Gasteiger partial charge in [0, 0.05) is 28.7 Å². The van der Waals surface area contributed by atoms with E-state index in [1.807, 2.05) is 56.4 Å². The third-order valence-corrected chi connectivity index (χ3v) is 7.35. The lowest BCUT2D eigenvalue weighted by Gasteiger charge is -2.37. The van der Waals surface area contributed by atoms with Crippen LogP contribution in [0.15, 0.2) is 59.4 Å². The Morgan fingerprint density at radius 3 is 2.60 bits per heavy atom. The number of ether oxygens (including phenoxy) is 1. The summed E-state index contributed by atoms with van der Waals surface area (Å²) in [5.74, 6) is 2.14. The van der Waals surface area contributed by atoms with Gasteiger partial charge in [0.15, 0.2) is 5.82 Å². The maximum absolute atomic E-state index is 10.3. The maximum Gasteiger partial charge on any atom is 0.165 e. The Bertz CT molecular complexity index is 1650. The van der Waals surface area contributed by atoms with Gasteiger partial charge in [0.25, 0.3) is 0 Å². The maximum atomic E-state index is 10.3. The molecule has 0 bridgehead atoms. The second kappa shape index (κ2) is 10.3. The summed E-state index contributed by atoms with van der Waals surface area (Å²) in [5.41, 5.74) is 4.59. The third-order valence-electron chi connectivity index (χ3n) is 7.09. The van der Waals surface area contributed by atoms with Crippen molar-refractivity contribution < 1.29 is 14.4 Å². The second-order valence-electron chi connectivity index (χ2n) is 10.9. The Morgan fingerprint density at radius 2 is 1.88 bits per heavy atom. The van der Waals surface area contributed by atoms with E-state index in [-0.39, 0.29) is 6.04 Å². The summed E-state index contributed by atoms with van der Waals surface area (Å²) in [7, 11) is 0. The van der Waals surface area contributed by atoms with Crippen molar-refractivity contribution >= 4 is 28.3 Å². The number of benzene rings is 2. The molecule has 3 aromatic heterocycles. The monoisotopic (exact) mass is 558 g/mol. The van der Waals surface area contributed by atoms with E-state index in [9.17, 15) is 5.11 Å². The van der Waals surface area contributed by atoms with Crippen LogP contribution in [0.4, 0.5) is 5.82 Å². The van der Waals surface area contributed by atoms with Crippen molar-refractivity contribution in [3.8, 4) is 22.5 Å². The first kappa shape index (κ1) is 26.4. The smallest absolute Gasteiger partial charge is 0.165 e. The van der Waals surface area contributed by atoms with Gasteiger partial charge < -0.3 is 19.3 Å². The molecule has 0 radical (unpaired) electrons. The molecule has 6 rings (SSSR count). The molecule has 206 valence electrons. The van der Waals surface area contributed by atoms with Crippen LogP contribution in [0.25, 0.3) is 33.4 Å². The fourth-order valence-electron chi connectivity index (χ4n) is 5.29. The zero-order valence-electron chi connectivity index (χ0n) is 22.9. The molecule has 1 N–H and O–H groups in total. The van der Waals surface area contributed by atoms with Gasteiger partial charge in [0.05, 0.1) is 54.4 Å². The third kappa shape index (κ3) is 5.20. The molecule has 1 saturated heterocycles. The molecule has 0 unspecified atom stereocenters. The van der Waals surface area contributed by atoms with E-state index in [1.54, 1.807) is 24.7 Å². The van der Waals surface area contributed by atoms with Crippen LogP contribution in [0.3, 0.4) is 0 Å². The molecule has 0 amide bonds. The first-order chi connectivity index (χ1) is 19.2. The van der Waals surface area contributed by atoms with Crippen molar-refractivity contribution in [2.75, 3.05) is 24.7 Å². The van der Waals surface area contributed by atoms with Crippen LogP contribution in [0.1, 0.15) is 36.9 Å². The Morgan fingerprint density at radius 1 is 1.07 bits per heavy atom. The van der Waals surface area contributed by atoms with Crippen molar-refractivity contribution in [1.29, 1.82) is 0 Å². The van der Waals surface area contributed by atoms with Crippen molar-refractivity contribution in [1.82, 2.24) is 24.9 Å². The largest absolute Gasteiger partial charge is 0.389 e. The molecule has 0 aliphatic carbocycles. The van der Waals surface area contributed by atoms with Gasteiger partial charge >= 0.3 is 0 Å². The molecule has 1 aliphatic heterocycles. The van der Waals surface area contributed by atoms with Crippen molar-refractivity contribution in [3.05, 3.63) is 76.9 Å². The first-order valence-corrected chi connectivity index (χ1v) is 13.6. The molecule has 5 aromatic rings. The Kier molecular flexibility index (Phi) is 6.82. The van der Waals surface area contributed by atoms with E-state index in [2.05, 4.69) is 21.2 Å². The summed E-state index contributed by atoms with van der Waals surface area (Å²) in [5, 5.41) is 20.5. The molecule has 1 atom stereocenters. The zero-order chi connectivity index (χ0) is 28.0. The minimum Gasteiger partial charge on any atom is -0.389 e. The summed E-state index contributed by atoms with van der Waals surface area (Å²) < 4.78 is 13.1. The highest BCUT2D eigenvalue weighted by molar-refractivity contribution is 6.30. The topological polar surface area (TPSA) is 102 Å². The van der Waals surface area contributed by atoms with Gasteiger partial charge in [0.2, 0.25) is 0 Å². The highest BCUT2D eigenvalue weighted by Crippen LogP contribution is 2.37.